The molecule has 82 valence electrons. The Hall–Kier alpha value is -2.24. The van der Waals surface area contributed by atoms with Crippen molar-refractivity contribution in [2.75, 3.05) is 18.6 Å². The van der Waals surface area contributed by atoms with Gasteiger partial charge in [0.25, 0.3) is 0 Å². The van der Waals surface area contributed by atoms with Crippen molar-refractivity contribution in [3.05, 3.63) is 30.5 Å². The Labute approximate surface area is 92.3 Å². The first kappa shape index (κ1) is 10.3. The van der Waals surface area contributed by atoms with Crippen LogP contribution in [0.1, 0.15) is 10.5 Å². The minimum atomic E-state index is -0.491. The van der Waals surface area contributed by atoms with Gasteiger partial charge < -0.3 is 9.64 Å². The van der Waals surface area contributed by atoms with E-state index in [9.17, 15) is 4.79 Å². The summed E-state index contributed by atoms with van der Waals surface area (Å²) in [6.07, 6.45) is 8.13. The lowest BCUT2D eigenvalue weighted by atomic mass is 10.4. The number of carbonyl (C=O) groups is 1. The standard InChI is InChI=1S/C10H10N4O2/c1-16-10(15)8-6-13-9(7-12-8)14-4-2-11-3-5-14/h2-4,6-7H,5H2,1H3. The van der Waals surface area contributed by atoms with Crippen molar-refractivity contribution in [2.24, 2.45) is 4.99 Å². The molecular formula is C10H10N4O2. The third-order valence-electron chi connectivity index (χ3n) is 2.04. The highest BCUT2D eigenvalue weighted by molar-refractivity contribution is 5.86. The number of esters is 1. The number of hydrogen-bond acceptors (Lipinski definition) is 6. The number of ether oxygens (including phenoxy) is 1. The summed E-state index contributed by atoms with van der Waals surface area (Å²) in [6.45, 7) is 0.642. The molecule has 0 aromatic carbocycles. The van der Waals surface area contributed by atoms with E-state index in [2.05, 4.69) is 19.7 Å². The number of methoxy groups -OCH3 is 1. The summed E-state index contributed by atoms with van der Waals surface area (Å²) in [5.41, 5.74) is 0.195. The molecule has 0 amide bonds. The van der Waals surface area contributed by atoms with E-state index in [1.165, 1.54) is 19.5 Å². The molecule has 0 bridgehead atoms. The van der Waals surface area contributed by atoms with Crippen molar-refractivity contribution in [2.45, 2.75) is 0 Å². The molecule has 1 aliphatic rings. The highest BCUT2D eigenvalue weighted by Gasteiger charge is 2.10. The average molecular weight is 218 g/mol. The second-order valence-electron chi connectivity index (χ2n) is 3.03. The third kappa shape index (κ3) is 2.05. The zero-order valence-electron chi connectivity index (χ0n) is 8.70. The fraction of sp³-hybridized carbons (Fsp3) is 0.200. The Bertz CT molecular complexity index is 439. The van der Waals surface area contributed by atoms with Crippen LogP contribution in [-0.4, -0.2) is 35.8 Å². The van der Waals surface area contributed by atoms with E-state index in [-0.39, 0.29) is 5.69 Å². The fourth-order valence-corrected chi connectivity index (χ4v) is 1.23. The Kier molecular flexibility index (Phi) is 2.90. The van der Waals surface area contributed by atoms with Crippen LogP contribution in [0.25, 0.3) is 0 Å². The Morgan fingerprint density at radius 2 is 2.31 bits per heavy atom. The largest absolute Gasteiger partial charge is 0.464 e. The smallest absolute Gasteiger partial charge is 0.358 e. The van der Waals surface area contributed by atoms with Crippen molar-refractivity contribution in [3.8, 4) is 0 Å². The molecule has 0 fully saturated rings. The number of carbonyl (C=O) groups excluding carboxylic acids is 1. The van der Waals surface area contributed by atoms with Crippen molar-refractivity contribution >= 4 is 18.0 Å². The summed E-state index contributed by atoms with van der Waals surface area (Å²) in [5.74, 6) is 0.171. The van der Waals surface area contributed by atoms with Gasteiger partial charge in [0, 0.05) is 18.6 Å². The molecule has 1 aliphatic heterocycles. The van der Waals surface area contributed by atoms with Gasteiger partial charge in [-0.15, -0.1) is 0 Å². The van der Waals surface area contributed by atoms with E-state index in [0.717, 1.165) is 0 Å². The van der Waals surface area contributed by atoms with Gasteiger partial charge >= 0.3 is 5.97 Å². The Morgan fingerprint density at radius 1 is 1.44 bits per heavy atom. The van der Waals surface area contributed by atoms with Gasteiger partial charge in [-0.1, -0.05) is 0 Å². The quantitative estimate of drug-likeness (QED) is 0.681. The van der Waals surface area contributed by atoms with Crippen molar-refractivity contribution in [1.29, 1.82) is 0 Å². The van der Waals surface area contributed by atoms with Crippen molar-refractivity contribution in [1.82, 2.24) is 9.97 Å². The number of nitrogens with zero attached hydrogens (tertiary/aromatic N) is 4. The summed E-state index contributed by atoms with van der Waals surface area (Å²) < 4.78 is 4.53. The zero-order chi connectivity index (χ0) is 11.4. The molecule has 0 radical (unpaired) electrons. The van der Waals surface area contributed by atoms with Gasteiger partial charge in [0.05, 0.1) is 26.0 Å². The van der Waals surface area contributed by atoms with Crippen LogP contribution in [0.3, 0.4) is 0 Å². The molecule has 6 nitrogen and oxygen atoms in total. The number of aromatic nitrogens is 2. The topological polar surface area (TPSA) is 67.7 Å². The predicted molar refractivity (Wildman–Crippen MR) is 58.3 cm³/mol. The molecule has 16 heavy (non-hydrogen) atoms. The van der Waals surface area contributed by atoms with E-state index < -0.39 is 5.97 Å². The SMILES string of the molecule is COC(=O)c1cnc(N2C=CN=CC2)cn1. The van der Waals surface area contributed by atoms with Crippen LogP contribution in [0.4, 0.5) is 5.82 Å². The maximum atomic E-state index is 11.1. The Morgan fingerprint density at radius 3 is 2.88 bits per heavy atom. The molecule has 0 saturated heterocycles. The van der Waals surface area contributed by atoms with Gasteiger partial charge in [-0.2, -0.15) is 0 Å². The fourth-order valence-electron chi connectivity index (χ4n) is 1.23. The molecule has 0 N–H and O–H groups in total. The van der Waals surface area contributed by atoms with Crippen LogP contribution in [0.15, 0.2) is 29.8 Å². The van der Waals surface area contributed by atoms with Gasteiger partial charge in [-0.05, 0) is 0 Å². The molecule has 2 rings (SSSR count). The molecule has 2 heterocycles. The monoisotopic (exact) mass is 218 g/mol. The van der Waals surface area contributed by atoms with E-state index in [4.69, 9.17) is 0 Å². The third-order valence-corrected chi connectivity index (χ3v) is 2.04. The van der Waals surface area contributed by atoms with Gasteiger partial charge in [-0.25, -0.2) is 14.8 Å². The zero-order valence-corrected chi connectivity index (χ0v) is 8.70. The molecule has 0 saturated carbocycles. The van der Waals surface area contributed by atoms with Crippen LogP contribution in [-0.2, 0) is 4.74 Å². The summed E-state index contributed by atoms with van der Waals surface area (Å²) in [6, 6.07) is 0. The minimum Gasteiger partial charge on any atom is -0.464 e. The van der Waals surface area contributed by atoms with Crippen LogP contribution < -0.4 is 4.90 Å². The molecule has 6 heteroatoms. The van der Waals surface area contributed by atoms with Gasteiger partial charge in [0.1, 0.15) is 0 Å². The van der Waals surface area contributed by atoms with E-state index in [0.29, 0.717) is 12.4 Å². The lowest BCUT2D eigenvalue weighted by molar-refractivity contribution is 0.0593. The molecule has 1 aromatic heterocycles. The first-order chi connectivity index (χ1) is 7.81. The second kappa shape index (κ2) is 4.52. The second-order valence-corrected chi connectivity index (χ2v) is 3.03. The summed E-state index contributed by atoms with van der Waals surface area (Å²) in [7, 11) is 1.31. The molecular weight excluding hydrogens is 208 g/mol. The van der Waals surface area contributed by atoms with Gasteiger partial charge in [0.15, 0.2) is 11.5 Å². The van der Waals surface area contributed by atoms with Crippen LogP contribution >= 0.6 is 0 Å². The number of rotatable bonds is 2. The summed E-state index contributed by atoms with van der Waals surface area (Å²) >= 11 is 0. The highest BCUT2D eigenvalue weighted by Crippen LogP contribution is 2.10. The van der Waals surface area contributed by atoms with Crippen molar-refractivity contribution in [3.63, 3.8) is 0 Å². The average Bonchev–Trinajstić information content (AvgIpc) is 2.39. The normalized spacial score (nSPS) is 13.9. The lowest BCUT2D eigenvalue weighted by Gasteiger charge is -2.17. The highest BCUT2D eigenvalue weighted by atomic mass is 16.5. The van der Waals surface area contributed by atoms with Crippen molar-refractivity contribution < 1.29 is 9.53 Å². The number of anilines is 1. The molecule has 0 unspecified atom stereocenters. The molecule has 0 atom stereocenters. The Balaban J connectivity index is 2.16. The van der Waals surface area contributed by atoms with Crippen LogP contribution in [0.2, 0.25) is 0 Å². The minimum absolute atomic E-state index is 0.195. The molecule has 0 aliphatic carbocycles. The molecule has 0 spiro atoms. The summed E-state index contributed by atoms with van der Waals surface area (Å²) in [5, 5.41) is 0. The predicted octanol–water partition coefficient (Wildman–Crippen LogP) is 0.625. The van der Waals surface area contributed by atoms with E-state index >= 15 is 0 Å². The van der Waals surface area contributed by atoms with E-state index in [1.807, 2.05) is 4.90 Å². The van der Waals surface area contributed by atoms with Crippen LogP contribution in [0.5, 0.6) is 0 Å². The number of hydrogen-bond donors (Lipinski definition) is 0. The van der Waals surface area contributed by atoms with Gasteiger partial charge in [-0.3, -0.25) is 4.99 Å². The molecule has 1 aromatic rings. The first-order valence-electron chi connectivity index (χ1n) is 4.66. The lowest BCUT2D eigenvalue weighted by Crippen LogP contribution is -2.22. The maximum Gasteiger partial charge on any atom is 0.358 e. The first-order valence-corrected chi connectivity index (χ1v) is 4.66. The summed E-state index contributed by atoms with van der Waals surface area (Å²) in [4.78, 5) is 25.0. The number of aliphatic imine (C=N–C) groups is 1. The van der Waals surface area contributed by atoms with Crippen LogP contribution in [0, 0.1) is 0 Å². The van der Waals surface area contributed by atoms with Gasteiger partial charge in [0.2, 0.25) is 0 Å². The van der Waals surface area contributed by atoms with E-state index in [1.54, 1.807) is 18.6 Å². The maximum absolute atomic E-state index is 11.1.